The number of amides is 4. The lowest BCUT2D eigenvalue weighted by Gasteiger charge is -2.50. The van der Waals surface area contributed by atoms with E-state index in [4.69, 9.17) is 16.3 Å². The molecule has 2 N–H and O–H groups in total. The number of nitrogens with zero attached hydrogens (tertiary/aromatic N) is 2. The van der Waals surface area contributed by atoms with Gasteiger partial charge in [0.25, 0.3) is 11.8 Å². The van der Waals surface area contributed by atoms with Gasteiger partial charge in [0.05, 0.1) is 35.5 Å². The van der Waals surface area contributed by atoms with Gasteiger partial charge in [0.1, 0.15) is 5.82 Å². The van der Waals surface area contributed by atoms with Crippen LogP contribution in [-0.2, 0) is 24.6 Å². The molecule has 4 amide bonds. The number of benzene rings is 3. The first kappa shape index (κ1) is 33.4. The molecule has 2 saturated heterocycles. The van der Waals surface area contributed by atoms with Gasteiger partial charge in [0.15, 0.2) is 11.5 Å². The fourth-order valence-electron chi connectivity index (χ4n) is 9.77. The summed E-state index contributed by atoms with van der Waals surface area (Å²) in [5, 5.41) is 13.3. The van der Waals surface area contributed by atoms with E-state index in [0.29, 0.717) is 28.3 Å². The van der Waals surface area contributed by atoms with Crippen LogP contribution < -0.4 is 10.2 Å². The second-order valence-corrected chi connectivity index (χ2v) is 14.8. The van der Waals surface area contributed by atoms with Crippen LogP contribution in [0, 0.1) is 29.5 Å². The lowest BCUT2D eigenvalue weighted by atomic mass is 9.49. The lowest BCUT2D eigenvalue weighted by molar-refractivity contribution is -0.144. The van der Waals surface area contributed by atoms with Crippen molar-refractivity contribution in [3.05, 3.63) is 100 Å². The second kappa shape index (κ2) is 12.8. The molecule has 3 aromatic carbocycles. The summed E-state index contributed by atoms with van der Waals surface area (Å²) in [6.45, 7) is 2.08. The maximum absolute atomic E-state index is 15.3. The normalized spacial score (nSPS) is 29.1. The molecule has 0 radical (unpaired) electrons. The van der Waals surface area contributed by atoms with Crippen LogP contribution in [0.4, 0.5) is 10.1 Å². The Bertz CT molecular complexity index is 1940. The third-order valence-electron chi connectivity index (χ3n) is 11.9. The molecular formula is C40H39ClFN3O6. The van der Waals surface area contributed by atoms with Gasteiger partial charge < -0.3 is 9.84 Å². The molecule has 51 heavy (non-hydrogen) atoms. The number of likely N-dealkylation sites (tertiary alicyclic amines) is 1. The second-order valence-electron chi connectivity index (χ2n) is 14.3. The van der Waals surface area contributed by atoms with Gasteiger partial charge in [-0.25, -0.2) is 4.39 Å². The number of aromatic hydroxyl groups is 1. The van der Waals surface area contributed by atoms with Gasteiger partial charge in [-0.05, 0) is 86.6 Å². The Labute approximate surface area is 300 Å². The van der Waals surface area contributed by atoms with E-state index in [1.165, 1.54) is 29.2 Å². The number of para-hydroxylation sites is 1. The number of anilines is 1. The summed E-state index contributed by atoms with van der Waals surface area (Å²) in [7, 11) is 0. The number of hydrogen-bond acceptors (Lipinski definition) is 7. The number of nitrogens with one attached hydrogen (secondary N) is 1. The van der Waals surface area contributed by atoms with E-state index in [2.05, 4.69) is 5.43 Å². The Balaban J connectivity index is 1.33. The van der Waals surface area contributed by atoms with E-state index in [-0.39, 0.29) is 42.4 Å². The van der Waals surface area contributed by atoms with Crippen molar-refractivity contribution in [2.24, 2.45) is 23.7 Å². The Kier molecular flexibility index (Phi) is 8.40. The van der Waals surface area contributed by atoms with Gasteiger partial charge in [-0.1, -0.05) is 66.8 Å². The van der Waals surface area contributed by atoms with Crippen molar-refractivity contribution < 1.29 is 33.4 Å². The average Bonchev–Trinajstić information content (AvgIpc) is 3.51. The summed E-state index contributed by atoms with van der Waals surface area (Å²) in [4.78, 5) is 60.1. The molecule has 9 nitrogen and oxygen atoms in total. The van der Waals surface area contributed by atoms with Crippen LogP contribution in [-0.4, -0.2) is 51.3 Å². The molecule has 0 spiro atoms. The van der Waals surface area contributed by atoms with Crippen molar-refractivity contribution in [3.63, 3.8) is 0 Å². The van der Waals surface area contributed by atoms with Crippen LogP contribution >= 0.6 is 11.6 Å². The third-order valence-corrected chi connectivity index (χ3v) is 12.1. The smallest absolute Gasteiger partial charge is 0.260 e. The molecule has 3 aromatic rings. The number of halogens is 2. The molecule has 11 heteroatoms. The summed E-state index contributed by atoms with van der Waals surface area (Å²) < 4.78 is 19.7. The molecule has 2 heterocycles. The van der Waals surface area contributed by atoms with Crippen molar-refractivity contribution in [2.45, 2.75) is 69.2 Å². The number of phenolic OH excluding ortho intramolecular Hbond substituents is 1. The Morgan fingerprint density at radius 2 is 1.65 bits per heavy atom. The van der Waals surface area contributed by atoms with Crippen LogP contribution in [0.1, 0.15) is 68.9 Å². The van der Waals surface area contributed by atoms with Crippen LogP contribution in [0.15, 0.2) is 78.4 Å². The minimum absolute atomic E-state index is 0.127. The van der Waals surface area contributed by atoms with Crippen LogP contribution in [0.5, 0.6) is 11.5 Å². The molecular weight excluding hydrogens is 673 g/mol. The van der Waals surface area contributed by atoms with Gasteiger partial charge in [-0.2, -0.15) is 5.01 Å². The predicted molar refractivity (Wildman–Crippen MR) is 187 cm³/mol. The average molecular weight is 712 g/mol. The van der Waals surface area contributed by atoms with Gasteiger partial charge >= 0.3 is 0 Å². The standard InChI is InChI=1S/C40H39ClFN3O6/c1-2-51-32-10-6-9-29(35(32)46)34-27-19-20-28-33(38(49)44(36(28)47)26-7-4-3-5-8-26)30(27)21-31-37(48)45(43-25-17-15-24(42)16-18-25)39(50)40(31,34)22-11-13-23(41)14-12-22/h6,9-19,26,28,30-31,33-34,43,46H,2-5,7-8,20-21H2,1H3. The van der Waals surface area contributed by atoms with Gasteiger partial charge in [-0.15, -0.1) is 0 Å². The zero-order valence-electron chi connectivity index (χ0n) is 28.2. The highest BCUT2D eigenvalue weighted by atomic mass is 35.5. The number of hydrogen-bond donors (Lipinski definition) is 2. The van der Waals surface area contributed by atoms with Crippen molar-refractivity contribution in [2.75, 3.05) is 12.0 Å². The van der Waals surface area contributed by atoms with Crippen LogP contribution in [0.2, 0.25) is 5.02 Å². The number of allylic oxidation sites excluding steroid dienone is 2. The molecule has 2 saturated carbocycles. The fraction of sp³-hybridized carbons (Fsp3) is 0.400. The zero-order valence-corrected chi connectivity index (χ0v) is 28.9. The number of carbonyl (C=O) groups is 4. The molecule has 6 unspecified atom stereocenters. The monoisotopic (exact) mass is 711 g/mol. The summed E-state index contributed by atoms with van der Waals surface area (Å²) in [5.41, 5.74) is 3.31. The first-order chi connectivity index (χ1) is 24.7. The molecule has 3 aliphatic carbocycles. The molecule has 0 aromatic heterocycles. The third kappa shape index (κ3) is 5.08. The van der Waals surface area contributed by atoms with E-state index in [1.54, 1.807) is 49.4 Å². The number of fused-ring (bicyclic) bond motifs is 4. The van der Waals surface area contributed by atoms with Crippen LogP contribution in [0.3, 0.4) is 0 Å². The first-order valence-corrected chi connectivity index (χ1v) is 18.2. The predicted octanol–water partition coefficient (Wildman–Crippen LogP) is 6.90. The van der Waals surface area contributed by atoms with Gasteiger partial charge in [-0.3, -0.25) is 29.5 Å². The number of rotatable bonds is 7. The highest BCUT2D eigenvalue weighted by Gasteiger charge is 2.71. The van der Waals surface area contributed by atoms with E-state index in [1.807, 2.05) is 6.08 Å². The number of ether oxygens (including phenoxy) is 1. The number of hydrazine groups is 1. The number of carbonyl (C=O) groups excluding carboxylic acids is 4. The van der Waals surface area contributed by atoms with Crippen molar-refractivity contribution in [3.8, 4) is 11.5 Å². The highest BCUT2D eigenvalue weighted by Crippen LogP contribution is 2.65. The van der Waals surface area contributed by atoms with Crippen molar-refractivity contribution in [1.29, 1.82) is 0 Å². The Morgan fingerprint density at radius 3 is 2.35 bits per heavy atom. The summed E-state index contributed by atoms with van der Waals surface area (Å²) in [6, 6.07) is 17.1. The number of imide groups is 2. The van der Waals surface area contributed by atoms with E-state index in [0.717, 1.165) is 42.7 Å². The number of phenols is 1. The zero-order chi connectivity index (χ0) is 35.6. The Morgan fingerprint density at radius 1 is 0.922 bits per heavy atom. The maximum Gasteiger partial charge on any atom is 0.260 e. The molecule has 5 aliphatic rings. The van der Waals surface area contributed by atoms with Gasteiger partial charge in [0.2, 0.25) is 11.8 Å². The van der Waals surface area contributed by atoms with E-state index < -0.39 is 52.6 Å². The molecule has 2 aliphatic heterocycles. The topological polar surface area (TPSA) is 116 Å². The lowest BCUT2D eigenvalue weighted by Crippen LogP contribution is -2.53. The molecule has 0 bridgehead atoms. The molecule has 264 valence electrons. The van der Waals surface area contributed by atoms with Crippen molar-refractivity contribution >= 4 is 40.9 Å². The quantitative estimate of drug-likeness (QED) is 0.202. The first-order valence-electron chi connectivity index (χ1n) is 17.8. The SMILES string of the molecule is CCOc1cccc(C2C3=CCC4C(=O)N(C5CCCCC5)C(=O)C4C3CC3C(=O)N(Nc4ccc(F)cc4)C(=O)C32c2ccc(Cl)cc2)c1O. The Hall–Kier alpha value is -4.70. The summed E-state index contributed by atoms with van der Waals surface area (Å²) in [6.07, 6.45) is 6.95. The van der Waals surface area contributed by atoms with Crippen LogP contribution in [0.25, 0.3) is 0 Å². The largest absolute Gasteiger partial charge is 0.504 e. The molecule has 6 atom stereocenters. The fourth-order valence-corrected chi connectivity index (χ4v) is 9.89. The molecule has 8 rings (SSSR count). The molecule has 4 fully saturated rings. The minimum atomic E-state index is -1.60. The van der Waals surface area contributed by atoms with Gasteiger partial charge in [0, 0.05) is 22.5 Å². The summed E-state index contributed by atoms with van der Waals surface area (Å²) in [5.74, 6) is -5.62. The summed E-state index contributed by atoms with van der Waals surface area (Å²) >= 11 is 6.37. The van der Waals surface area contributed by atoms with E-state index in [9.17, 15) is 23.9 Å². The highest BCUT2D eigenvalue weighted by molar-refractivity contribution is 6.30. The van der Waals surface area contributed by atoms with E-state index >= 15 is 4.79 Å². The van der Waals surface area contributed by atoms with Crippen molar-refractivity contribution in [1.82, 2.24) is 9.91 Å². The maximum atomic E-state index is 15.3. The minimum Gasteiger partial charge on any atom is -0.504 e.